The highest BCUT2D eigenvalue weighted by molar-refractivity contribution is 6.03. The van der Waals surface area contributed by atoms with Crippen molar-refractivity contribution < 1.29 is 13.6 Å². The topological polar surface area (TPSA) is 57.8 Å². The Balaban J connectivity index is 2.17. The summed E-state index contributed by atoms with van der Waals surface area (Å²) in [6.45, 7) is 1.78. The first-order chi connectivity index (χ1) is 8.06. The fourth-order valence-electron chi connectivity index (χ4n) is 1.31. The van der Waals surface area contributed by atoms with Crippen LogP contribution in [0.3, 0.4) is 0 Å². The normalized spacial score (nSPS) is 10.3. The fourth-order valence-corrected chi connectivity index (χ4v) is 1.31. The average Bonchev–Trinajstić information content (AvgIpc) is 2.68. The molecule has 0 aliphatic heterocycles. The molecule has 88 valence electrons. The largest absolute Gasteiger partial charge is 0.305 e. The molecule has 0 bridgehead atoms. The van der Waals surface area contributed by atoms with Crippen molar-refractivity contribution in [2.45, 2.75) is 6.92 Å². The summed E-state index contributed by atoms with van der Waals surface area (Å²) < 4.78 is 25.6. The molecule has 2 rings (SSSR count). The van der Waals surface area contributed by atoms with Gasteiger partial charge in [0, 0.05) is 17.3 Å². The van der Waals surface area contributed by atoms with Crippen LogP contribution in [0.2, 0.25) is 0 Å². The molecular formula is C11H9F2N3O. The lowest BCUT2D eigenvalue weighted by Crippen LogP contribution is -2.12. The van der Waals surface area contributed by atoms with E-state index >= 15 is 0 Å². The third kappa shape index (κ3) is 2.47. The van der Waals surface area contributed by atoms with Crippen LogP contribution in [0.15, 0.2) is 24.3 Å². The number of nitrogens with one attached hydrogen (secondary N) is 2. The zero-order valence-electron chi connectivity index (χ0n) is 8.92. The van der Waals surface area contributed by atoms with E-state index < -0.39 is 17.5 Å². The molecule has 2 aromatic rings. The smallest absolute Gasteiger partial charge is 0.256 e. The number of H-pyrrole nitrogens is 1. The van der Waals surface area contributed by atoms with Gasteiger partial charge in [-0.05, 0) is 25.1 Å². The van der Waals surface area contributed by atoms with Gasteiger partial charge >= 0.3 is 0 Å². The van der Waals surface area contributed by atoms with E-state index in [1.165, 1.54) is 6.07 Å². The molecule has 17 heavy (non-hydrogen) atoms. The third-order valence-electron chi connectivity index (χ3n) is 2.13. The second kappa shape index (κ2) is 4.32. The monoisotopic (exact) mass is 237 g/mol. The zero-order chi connectivity index (χ0) is 12.4. The maximum absolute atomic E-state index is 12.9. The number of aryl methyl sites for hydroxylation is 1. The Labute approximate surface area is 95.7 Å². The Hall–Kier alpha value is -2.24. The molecule has 0 fully saturated rings. The molecule has 1 amide bonds. The Morgan fingerprint density at radius 2 is 2.06 bits per heavy atom. The Morgan fingerprint density at radius 1 is 1.29 bits per heavy atom. The molecule has 1 aromatic heterocycles. The molecule has 0 atom stereocenters. The van der Waals surface area contributed by atoms with Gasteiger partial charge in [0.2, 0.25) is 0 Å². The Kier molecular flexibility index (Phi) is 2.86. The van der Waals surface area contributed by atoms with Crippen molar-refractivity contribution in [1.29, 1.82) is 0 Å². The van der Waals surface area contributed by atoms with E-state index in [-0.39, 0.29) is 5.56 Å². The van der Waals surface area contributed by atoms with Crippen LogP contribution in [0.25, 0.3) is 0 Å². The predicted molar refractivity (Wildman–Crippen MR) is 57.6 cm³/mol. The number of amides is 1. The number of carbonyl (C=O) groups is 1. The lowest BCUT2D eigenvalue weighted by molar-refractivity contribution is 0.102. The van der Waals surface area contributed by atoms with E-state index in [4.69, 9.17) is 0 Å². The summed E-state index contributed by atoms with van der Waals surface area (Å²) in [5.41, 5.74) is 0.815. The molecule has 6 heteroatoms. The number of anilines is 1. The maximum Gasteiger partial charge on any atom is 0.256 e. The number of nitrogens with zero attached hydrogens (tertiary/aromatic N) is 1. The highest BCUT2D eigenvalue weighted by atomic mass is 19.2. The standard InChI is InChI=1S/C11H9F2N3O/c1-6-4-10(16-15-6)14-11(17)7-2-3-8(12)9(13)5-7/h2-5H,1H3,(H2,14,15,16,17). The van der Waals surface area contributed by atoms with Gasteiger partial charge in [0.15, 0.2) is 17.5 Å². The van der Waals surface area contributed by atoms with Crippen LogP contribution in [0.1, 0.15) is 16.1 Å². The summed E-state index contributed by atoms with van der Waals surface area (Å²) in [4.78, 5) is 11.6. The first-order valence-electron chi connectivity index (χ1n) is 4.84. The van der Waals surface area contributed by atoms with Crippen molar-refractivity contribution in [1.82, 2.24) is 10.2 Å². The third-order valence-corrected chi connectivity index (χ3v) is 2.13. The molecular weight excluding hydrogens is 228 g/mol. The van der Waals surface area contributed by atoms with E-state index in [9.17, 15) is 13.6 Å². The molecule has 1 aromatic carbocycles. The van der Waals surface area contributed by atoms with E-state index in [0.717, 1.165) is 17.8 Å². The summed E-state index contributed by atoms with van der Waals surface area (Å²) in [6, 6.07) is 4.56. The molecule has 0 saturated carbocycles. The van der Waals surface area contributed by atoms with Crippen LogP contribution in [-0.4, -0.2) is 16.1 Å². The van der Waals surface area contributed by atoms with Crippen molar-refractivity contribution in [2.75, 3.05) is 5.32 Å². The van der Waals surface area contributed by atoms with E-state index in [0.29, 0.717) is 5.82 Å². The summed E-state index contributed by atoms with van der Waals surface area (Å²) in [5.74, 6) is -2.26. The minimum atomic E-state index is -1.06. The first kappa shape index (κ1) is 11.3. The molecule has 4 nitrogen and oxygen atoms in total. The molecule has 0 spiro atoms. The fraction of sp³-hybridized carbons (Fsp3) is 0.0909. The Bertz CT molecular complexity index is 566. The van der Waals surface area contributed by atoms with E-state index in [2.05, 4.69) is 15.5 Å². The van der Waals surface area contributed by atoms with Crippen LogP contribution in [-0.2, 0) is 0 Å². The Morgan fingerprint density at radius 3 is 2.65 bits per heavy atom. The second-order valence-electron chi connectivity index (χ2n) is 3.52. The summed E-state index contributed by atoms with van der Waals surface area (Å²) in [7, 11) is 0. The molecule has 0 aliphatic rings. The molecule has 0 saturated heterocycles. The predicted octanol–water partition coefficient (Wildman–Crippen LogP) is 2.25. The van der Waals surface area contributed by atoms with Gasteiger partial charge in [0.1, 0.15) is 0 Å². The van der Waals surface area contributed by atoms with Crippen LogP contribution in [0.5, 0.6) is 0 Å². The molecule has 0 aliphatic carbocycles. The van der Waals surface area contributed by atoms with Gasteiger partial charge in [-0.3, -0.25) is 9.89 Å². The summed E-state index contributed by atoms with van der Waals surface area (Å²) in [6.07, 6.45) is 0. The van der Waals surface area contributed by atoms with Crippen LogP contribution < -0.4 is 5.32 Å². The molecule has 0 radical (unpaired) electrons. The van der Waals surface area contributed by atoms with Gasteiger partial charge < -0.3 is 5.32 Å². The lowest BCUT2D eigenvalue weighted by Gasteiger charge is -2.02. The van der Waals surface area contributed by atoms with E-state index in [1.54, 1.807) is 13.0 Å². The number of hydrogen-bond acceptors (Lipinski definition) is 2. The summed E-state index contributed by atoms with van der Waals surface area (Å²) >= 11 is 0. The minimum absolute atomic E-state index is 0.0320. The SMILES string of the molecule is Cc1cc(NC(=O)c2ccc(F)c(F)c2)n[nH]1. The number of carbonyl (C=O) groups excluding carboxylic acids is 1. The van der Waals surface area contributed by atoms with Crippen LogP contribution in [0, 0.1) is 18.6 Å². The number of halogens is 2. The number of aromatic amines is 1. The van der Waals surface area contributed by atoms with Crippen LogP contribution in [0.4, 0.5) is 14.6 Å². The zero-order valence-corrected chi connectivity index (χ0v) is 8.92. The van der Waals surface area contributed by atoms with Crippen molar-refractivity contribution in [2.24, 2.45) is 0 Å². The van der Waals surface area contributed by atoms with Crippen molar-refractivity contribution in [3.05, 3.63) is 47.2 Å². The van der Waals surface area contributed by atoms with Gasteiger partial charge in [-0.2, -0.15) is 5.10 Å². The second-order valence-corrected chi connectivity index (χ2v) is 3.52. The highest BCUT2D eigenvalue weighted by Crippen LogP contribution is 2.11. The molecule has 2 N–H and O–H groups in total. The van der Waals surface area contributed by atoms with Gasteiger partial charge in [0.25, 0.3) is 5.91 Å². The average molecular weight is 237 g/mol. The quantitative estimate of drug-likeness (QED) is 0.841. The van der Waals surface area contributed by atoms with Gasteiger partial charge in [-0.25, -0.2) is 8.78 Å². The van der Waals surface area contributed by atoms with Gasteiger partial charge in [-0.15, -0.1) is 0 Å². The highest BCUT2D eigenvalue weighted by Gasteiger charge is 2.10. The lowest BCUT2D eigenvalue weighted by atomic mass is 10.2. The number of benzene rings is 1. The maximum atomic E-state index is 12.9. The number of rotatable bonds is 2. The minimum Gasteiger partial charge on any atom is -0.305 e. The first-order valence-corrected chi connectivity index (χ1v) is 4.84. The molecule has 0 unspecified atom stereocenters. The van der Waals surface area contributed by atoms with Crippen molar-refractivity contribution in [3.63, 3.8) is 0 Å². The van der Waals surface area contributed by atoms with Crippen molar-refractivity contribution >= 4 is 11.7 Å². The van der Waals surface area contributed by atoms with Gasteiger partial charge in [-0.1, -0.05) is 0 Å². The van der Waals surface area contributed by atoms with Gasteiger partial charge in [0.05, 0.1) is 0 Å². The van der Waals surface area contributed by atoms with E-state index in [1.807, 2.05) is 0 Å². The molecule has 1 heterocycles. The number of hydrogen-bond donors (Lipinski definition) is 2. The summed E-state index contributed by atoms with van der Waals surface area (Å²) in [5, 5.41) is 8.90. The number of aromatic nitrogens is 2. The van der Waals surface area contributed by atoms with Crippen LogP contribution >= 0.6 is 0 Å². The van der Waals surface area contributed by atoms with Crippen molar-refractivity contribution in [3.8, 4) is 0 Å².